The minimum atomic E-state index is -1.48. The molecule has 0 amide bonds. The summed E-state index contributed by atoms with van der Waals surface area (Å²) in [6, 6.07) is 0.628. The van der Waals surface area contributed by atoms with Gasteiger partial charge >= 0.3 is 5.97 Å². The number of halogens is 2. The number of nitrogens with zero attached hydrogens (tertiary/aromatic N) is 1. The number of carbonyl (C=O) groups excluding carboxylic acids is 1. The fourth-order valence-electron chi connectivity index (χ4n) is 1.95. The number of pyridine rings is 1. The van der Waals surface area contributed by atoms with Crippen molar-refractivity contribution >= 4 is 16.9 Å². The molecule has 0 aliphatic carbocycles. The molecule has 0 saturated carbocycles. The van der Waals surface area contributed by atoms with Gasteiger partial charge in [0.25, 0.3) is 0 Å². The number of carbonyl (C=O) groups is 1. The predicted octanol–water partition coefficient (Wildman–Crippen LogP) is 1.34. The van der Waals surface area contributed by atoms with Crippen molar-refractivity contribution in [2.75, 3.05) is 19.1 Å². The van der Waals surface area contributed by atoms with Crippen molar-refractivity contribution in [3.63, 3.8) is 0 Å². The highest BCUT2D eigenvalue weighted by Crippen LogP contribution is 2.28. The normalized spacial score (nSPS) is 10.7. The van der Waals surface area contributed by atoms with Gasteiger partial charge in [-0.1, -0.05) is 0 Å². The second-order valence-electron chi connectivity index (χ2n) is 4.10. The van der Waals surface area contributed by atoms with Gasteiger partial charge in [0.15, 0.2) is 11.6 Å². The van der Waals surface area contributed by atoms with Gasteiger partial charge in [-0.15, -0.1) is 0 Å². The first-order chi connectivity index (χ1) is 9.92. The number of phenols is 1. The molecule has 2 rings (SSSR count). The number of aromatic nitrogens is 1. The molecule has 0 unspecified atom stereocenters. The molecule has 2 N–H and O–H groups in total. The van der Waals surface area contributed by atoms with E-state index in [0.29, 0.717) is 6.07 Å². The van der Waals surface area contributed by atoms with E-state index in [1.807, 2.05) is 0 Å². The van der Waals surface area contributed by atoms with E-state index in [0.717, 1.165) is 10.9 Å². The zero-order valence-electron chi connectivity index (χ0n) is 11.2. The third-order valence-electron chi connectivity index (χ3n) is 2.89. The molecule has 2 aromatic rings. The molecule has 0 radical (unpaired) electrons. The topological polar surface area (TPSA) is 80.6 Å². The van der Waals surface area contributed by atoms with Gasteiger partial charge in [-0.3, -0.25) is 9.47 Å². The lowest BCUT2D eigenvalue weighted by Crippen LogP contribution is -2.24. The first-order valence-corrected chi connectivity index (χ1v) is 6.03. The van der Waals surface area contributed by atoms with Crippen molar-refractivity contribution in [2.45, 2.75) is 6.92 Å². The predicted molar refractivity (Wildman–Crippen MR) is 71.0 cm³/mol. The van der Waals surface area contributed by atoms with Crippen LogP contribution in [0.2, 0.25) is 0 Å². The molecule has 0 atom stereocenters. The summed E-state index contributed by atoms with van der Waals surface area (Å²) < 4.78 is 32.6. The summed E-state index contributed by atoms with van der Waals surface area (Å²) in [6.45, 7) is 1.62. The minimum Gasteiger partial charge on any atom is -0.503 e. The lowest BCUT2D eigenvalue weighted by atomic mass is 10.1. The van der Waals surface area contributed by atoms with Crippen molar-refractivity contribution in [3.8, 4) is 5.75 Å². The van der Waals surface area contributed by atoms with E-state index in [4.69, 9.17) is 4.74 Å². The minimum absolute atomic E-state index is 0.0545. The first-order valence-electron chi connectivity index (χ1n) is 6.03. The van der Waals surface area contributed by atoms with Crippen LogP contribution in [-0.2, 0) is 4.74 Å². The number of esters is 1. The lowest BCUT2D eigenvalue weighted by Gasteiger charge is -2.14. The lowest BCUT2D eigenvalue weighted by molar-refractivity contribution is 0.0524. The standard InChI is InChI=1S/C13H12F2N2O4/c1-3-21-13(20)7-5-17(16-2)10-6(11(7)18)4-8(14)9(15)12(10)19/h4-5,16,19H,3H2,1-2H3. The summed E-state index contributed by atoms with van der Waals surface area (Å²) >= 11 is 0. The first kappa shape index (κ1) is 14.8. The number of hydrogen-bond acceptors (Lipinski definition) is 5. The molecule has 0 aliphatic heterocycles. The number of ether oxygens (including phenoxy) is 1. The van der Waals surface area contributed by atoms with Gasteiger partial charge in [0.1, 0.15) is 11.1 Å². The maximum atomic E-state index is 13.4. The van der Waals surface area contributed by atoms with E-state index >= 15 is 0 Å². The molecule has 1 aromatic heterocycles. The van der Waals surface area contributed by atoms with Crippen LogP contribution < -0.4 is 10.9 Å². The molecule has 0 aliphatic rings. The third kappa shape index (κ3) is 2.28. The molecule has 112 valence electrons. The largest absolute Gasteiger partial charge is 0.503 e. The number of hydrogen-bond donors (Lipinski definition) is 2. The Bertz CT molecular complexity index is 786. The van der Waals surface area contributed by atoms with Crippen molar-refractivity contribution in [1.29, 1.82) is 0 Å². The Hall–Kier alpha value is -2.64. The highest BCUT2D eigenvalue weighted by atomic mass is 19.2. The summed E-state index contributed by atoms with van der Waals surface area (Å²) in [7, 11) is 1.42. The van der Waals surface area contributed by atoms with Gasteiger partial charge in [0, 0.05) is 13.2 Å². The monoisotopic (exact) mass is 298 g/mol. The van der Waals surface area contributed by atoms with Crippen LogP contribution in [0.3, 0.4) is 0 Å². The van der Waals surface area contributed by atoms with E-state index < -0.39 is 28.8 Å². The molecule has 0 spiro atoms. The third-order valence-corrected chi connectivity index (χ3v) is 2.89. The second-order valence-corrected chi connectivity index (χ2v) is 4.10. The fourth-order valence-corrected chi connectivity index (χ4v) is 1.95. The molecule has 21 heavy (non-hydrogen) atoms. The number of nitrogens with one attached hydrogen (secondary N) is 1. The van der Waals surface area contributed by atoms with E-state index in [9.17, 15) is 23.5 Å². The van der Waals surface area contributed by atoms with Gasteiger partial charge < -0.3 is 15.3 Å². The Labute approximate surface area is 117 Å². The molecule has 8 heteroatoms. The van der Waals surface area contributed by atoms with Crippen LogP contribution in [0.15, 0.2) is 17.1 Å². The molecule has 1 heterocycles. The van der Waals surface area contributed by atoms with E-state index in [2.05, 4.69) is 5.43 Å². The molecule has 0 fully saturated rings. The summed E-state index contributed by atoms with van der Waals surface area (Å²) in [5.74, 6) is -4.78. The van der Waals surface area contributed by atoms with Crippen molar-refractivity contribution in [3.05, 3.63) is 39.7 Å². The van der Waals surface area contributed by atoms with Crippen LogP contribution in [-0.4, -0.2) is 29.4 Å². The maximum Gasteiger partial charge on any atom is 0.343 e. The smallest absolute Gasteiger partial charge is 0.343 e. The summed E-state index contributed by atoms with van der Waals surface area (Å²) in [4.78, 5) is 23.9. The van der Waals surface area contributed by atoms with Gasteiger partial charge in [0.2, 0.25) is 11.2 Å². The number of aromatic hydroxyl groups is 1. The van der Waals surface area contributed by atoms with E-state index in [1.165, 1.54) is 7.05 Å². The van der Waals surface area contributed by atoms with E-state index in [-0.39, 0.29) is 23.1 Å². The number of fused-ring (bicyclic) bond motifs is 1. The van der Waals surface area contributed by atoms with Gasteiger partial charge in [-0.25, -0.2) is 9.18 Å². The zero-order valence-corrected chi connectivity index (χ0v) is 11.2. The van der Waals surface area contributed by atoms with Crippen LogP contribution in [0.4, 0.5) is 8.78 Å². The summed E-state index contributed by atoms with van der Waals surface area (Å²) in [5, 5.41) is 9.34. The quantitative estimate of drug-likeness (QED) is 0.836. The second kappa shape index (κ2) is 5.39. The van der Waals surface area contributed by atoms with Crippen molar-refractivity contribution < 1.29 is 23.4 Å². The molecule has 0 bridgehead atoms. The molecule has 6 nitrogen and oxygen atoms in total. The number of phenolic OH excluding ortho intramolecular Hbond substituents is 1. The van der Waals surface area contributed by atoms with Crippen LogP contribution in [0, 0.1) is 11.6 Å². The molecule has 1 aromatic carbocycles. The Morgan fingerprint density at radius 2 is 2.14 bits per heavy atom. The van der Waals surface area contributed by atoms with Gasteiger partial charge in [-0.05, 0) is 13.0 Å². The zero-order chi connectivity index (χ0) is 15.7. The Kier molecular flexibility index (Phi) is 3.79. The number of benzene rings is 1. The van der Waals surface area contributed by atoms with E-state index in [1.54, 1.807) is 6.92 Å². The van der Waals surface area contributed by atoms with Crippen molar-refractivity contribution in [1.82, 2.24) is 4.68 Å². The Balaban J connectivity index is 2.90. The maximum absolute atomic E-state index is 13.4. The summed E-state index contributed by atoms with van der Waals surface area (Å²) in [6.07, 6.45) is 1.06. The highest BCUT2D eigenvalue weighted by molar-refractivity contribution is 5.95. The summed E-state index contributed by atoms with van der Waals surface area (Å²) in [5.41, 5.74) is 1.06. The van der Waals surface area contributed by atoms with Crippen LogP contribution >= 0.6 is 0 Å². The van der Waals surface area contributed by atoms with Crippen LogP contribution in [0.25, 0.3) is 10.9 Å². The fraction of sp³-hybridized carbons (Fsp3) is 0.231. The molecular formula is C13H12F2N2O4. The molecule has 0 saturated heterocycles. The van der Waals surface area contributed by atoms with Crippen LogP contribution in [0.1, 0.15) is 17.3 Å². The average Bonchev–Trinajstić information content (AvgIpc) is 2.46. The Morgan fingerprint density at radius 3 is 2.71 bits per heavy atom. The number of rotatable bonds is 3. The van der Waals surface area contributed by atoms with Gasteiger partial charge in [-0.2, -0.15) is 4.39 Å². The average molecular weight is 298 g/mol. The molecular weight excluding hydrogens is 286 g/mol. The highest BCUT2D eigenvalue weighted by Gasteiger charge is 2.22. The van der Waals surface area contributed by atoms with Crippen LogP contribution in [0.5, 0.6) is 5.75 Å². The SMILES string of the molecule is CCOC(=O)c1cn(NC)c2c(O)c(F)c(F)cc2c1=O. The van der Waals surface area contributed by atoms with Gasteiger partial charge in [0.05, 0.1) is 12.0 Å². The van der Waals surface area contributed by atoms with Crippen molar-refractivity contribution in [2.24, 2.45) is 0 Å². The Morgan fingerprint density at radius 1 is 1.48 bits per heavy atom.